The Hall–Kier alpha value is -1.71. The lowest BCUT2D eigenvalue weighted by molar-refractivity contribution is -0.870. The number of unbranched alkanes of at least 4 members (excludes halogenated alkanes) is 74. The fraction of sp³-hybridized carbons (Fsp3) is 0.967. The maximum Gasteiger partial charge on any atom is 0.306 e. The first-order valence-electron chi connectivity index (χ1n) is 46.2. The number of carboxylic acid groups (broad SMARTS) is 1. The van der Waals surface area contributed by atoms with Crippen molar-refractivity contribution in [3.8, 4) is 0 Å². The Balaban J connectivity index is 3.86. The van der Waals surface area contributed by atoms with Gasteiger partial charge in [-0.05, 0) is 12.8 Å². The van der Waals surface area contributed by atoms with E-state index in [0.717, 1.165) is 38.5 Å². The maximum atomic E-state index is 13.0. The molecule has 0 rings (SSSR count). The second-order valence-electron chi connectivity index (χ2n) is 33.3. The van der Waals surface area contributed by atoms with Gasteiger partial charge in [0.15, 0.2) is 12.4 Å². The van der Waals surface area contributed by atoms with Gasteiger partial charge in [-0.15, -0.1) is 0 Å². The zero-order valence-corrected chi connectivity index (χ0v) is 69.4. The Morgan fingerprint density at radius 1 is 0.257 bits per heavy atom. The number of hydrogen-bond donors (Lipinski definition) is 0. The van der Waals surface area contributed by atoms with Gasteiger partial charge in [0.1, 0.15) is 13.2 Å². The molecule has 0 aromatic rings. The van der Waals surface area contributed by atoms with Crippen LogP contribution < -0.4 is 5.11 Å². The van der Waals surface area contributed by atoms with Crippen molar-refractivity contribution in [2.45, 2.75) is 527 Å². The zero-order valence-electron chi connectivity index (χ0n) is 69.4. The molecule has 602 valence electrons. The fourth-order valence-corrected chi connectivity index (χ4v) is 14.8. The number of rotatable bonds is 89. The van der Waals surface area contributed by atoms with Crippen LogP contribution in [-0.2, 0) is 33.3 Å². The van der Waals surface area contributed by atoms with Gasteiger partial charge in [0.25, 0.3) is 0 Å². The number of carbonyl (C=O) groups excluding carboxylic acids is 3. The summed E-state index contributed by atoms with van der Waals surface area (Å²) in [6.07, 6.45) is 103. The van der Waals surface area contributed by atoms with E-state index in [0.29, 0.717) is 17.4 Å². The summed E-state index contributed by atoms with van der Waals surface area (Å²) < 4.78 is 22.9. The summed E-state index contributed by atoms with van der Waals surface area (Å²) in [7, 11) is 5.97. The summed E-state index contributed by atoms with van der Waals surface area (Å²) in [6.45, 7) is 4.87. The fourth-order valence-electron chi connectivity index (χ4n) is 14.8. The highest BCUT2D eigenvalue weighted by molar-refractivity contribution is 5.70. The Labute approximate surface area is 632 Å². The lowest BCUT2D eigenvalue weighted by atomic mass is 10.0. The third kappa shape index (κ3) is 85.4. The van der Waals surface area contributed by atoms with Crippen LogP contribution in [0.15, 0.2) is 0 Å². The van der Waals surface area contributed by atoms with Gasteiger partial charge in [0.2, 0.25) is 0 Å². The number of carboxylic acids is 1. The van der Waals surface area contributed by atoms with E-state index in [-0.39, 0.29) is 32.2 Å². The van der Waals surface area contributed by atoms with Crippen molar-refractivity contribution < 1.29 is 42.9 Å². The topological polar surface area (TPSA) is 111 Å². The van der Waals surface area contributed by atoms with Crippen LogP contribution in [0.3, 0.4) is 0 Å². The summed E-state index contributed by atoms with van der Waals surface area (Å²) in [5.41, 5.74) is 0. The number of hydrogen-bond acceptors (Lipinski definition) is 8. The number of aliphatic carboxylic acids is 1. The molecule has 0 aromatic carbocycles. The van der Waals surface area contributed by atoms with Crippen molar-refractivity contribution in [3.05, 3.63) is 0 Å². The number of esters is 2. The highest BCUT2D eigenvalue weighted by Crippen LogP contribution is 2.22. The predicted molar refractivity (Wildman–Crippen MR) is 436 cm³/mol. The summed E-state index contributed by atoms with van der Waals surface area (Å²) in [6, 6.07) is 0. The number of ether oxygens (including phenoxy) is 4. The van der Waals surface area contributed by atoms with E-state index in [1.807, 2.05) is 21.1 Å². The normalized spacial score (nSPS) is 12.4. The minimum atomic E-state index is -1.62. The Morgan fingerprint density at radius 3 is 0.634 bits per heavy atom. The maximum absolute atomic E-state index is 13.0. The van der Waals surface area contributed by atoms with E-state index in [1.165, 1.54) is 449 Å². The van der Waals surface area contributed by atoms with Crippen molar-refractivity contribution in [1.29, 1.82) is 0 Å². The summed E-state index contributed by atoms with van der Waals surface area (Å²) in [5, 5.41) is 11.9. The molecule has 2 unspecified atom stereocenters. The minimum absolute atomic E-state index is 0.154. The molecule has 0 aliphatic carbocycles. The van der Waals surface area contributed by atoms with Crippen molar-refractivity contribution in [2.75, 3.05) is 47.5 Å². The molecule has 0 fully saturated rings. The van der Waals surface area contributed by atoms with Gasteiger partial charge in [0.05, 0.1) is 40.3 Å². The molecule has 0 saturated carbocycles. The van der Waals surface area contributed by atoms with E-state index in [9.17, 15) is 19.5 Å². The molecular weight excluding hydrogens is 1250 g/mol. The molecule has 0 aliphatic rings. The van der Waals surface area contributed by atoms with Gasteiger partial charge in [-0.25, -0.2) is 0 Å². The van der Waals surface area contributed by atoms with Crippen molar-refractivity contribution in [1.82, 2.24) is 0 Å². The third-order valence-corrected chi connectivity index (χ3v) is 21.9. The van der Waals surface area contributed by atoms with E-state index in [2.05, 4.69) is 13.8 Å². The van der Waals surface area contributed by atoms with Gasteiger partial charge >= 0.3 is 11.9 Å². The van der Waals surface area contributed by atoms with Gasteiger partial charge in [-0.2, -0.15) is 0 Å². The van der Waals surface area contributed by atoms with Crippen LogP contribution in [-0.4, -0.2) is 82.3 Å². The number of quaternary nitrogens is 1. The molecule has 0 radical (unpaired) electrons. The number of nitrogens with zero attached hydrogens (tertiary/aromatic N) is 1. The van der Waals surface area contributed by atoms with Gasteiger partial charge < -0.3 is 33.3 Å². The first kappa shape index (κ1) is 99.3. The van der Waals surface area contributed by atoms with Crippen LogP contribution in [0.2, 0.25) is 0 Å². The van der Waals surface area contributed by atoms with E-state index >= 15 is 0 Å². The lowest BCUT2D eigenvalue weighted by Gasteiger charge is -2.26. The molecule has 101 heavy (non-hydrogen) atoms. The molecule has 0 bridgehead atoms. The van der Waals surface area contributed by atoms with E-state index < -0.39 is 24.3 Å². The summed E-state index contributed by atoms with van der Waals surface area (Å²) in [4.78, 5) is 37.7. The zero-order chi connectivity index (χ0) is 73.2. The predicted octanol–water partition coefficient (Wildman–Crippen LogP) is 28.7. The van der Waals surface area contributed by atoms with E-state index in [4.69, 9.17) is 18.9 Å². The first-order valence-corrected chi connectivity index (χ1v) is 46.2. The highest BCUT2D eigenvalue weighted by Gasteiger charge is 2.22. The van der Waals surface area contributed by atoms with Crippen molar-refractivity contribution in [3.63, 3.8) is 0 Å². The first-order chi connectivity index (χ1) is 49.6. The molecule has 9 nitrogen and oxygen atoms in total. The van der Waals surface area contributed by atoms with E-state index in [1.54, 1.807) is 0 Å². The number of carbonyl (C=O) groups is 3. The van der Waals surface area contributed by atoms with Crippen LogP contribution in [0.25, 0.3) is 0 Å². The second kappa shape index (κ2) is 83.9. The second-order valence-corrected chi connectivity index (χ2v) is 33.3. The highest BCUT2D eigenvalue weighted by atomic mass is 16.7. The lowest BCUT2D eigenvalue weighted by Crippen LogP contribution is -2.44. The molecule has 0 N–H and O–H groups in total. The van der Waals surface area contributed by atoms with Crippen LogP contribution in [0.4, 0.5) is 0 Å². The standard InChI is InChI=1S/C92H181NO8/c1-6-8-10-12-14-16-18-20-22-24-26-28-30-32-34-36-38-40-42-44-46-48-50-52-54-56-58-60-62-64-66-68-70-72-74-76-78-80-82-89(94)99-86-88(87-100-92(91(96)97)98-85-84-93(3,4)5)101-90(95)83-81-79-77-75-73-71-69-67-65-63-61-59-57-55-53-51-49-47-45-43-41-39-37-35-33-31-29-27-25-23-21-19-17-15-13-11-9-7-2/h88,92H,6-87H2,1-5H3. The Bertz CT molecular complexity index is 1620. The number of likely N-dealkylation sites (N-methyl/N-ethyl adjacent to an activating group) is 1. The average molecular weight is 1430 g/mol. The monoisotopic (exact) mass is 1430 g/mol. The smallest absolute Gasteiger partial charge is 0.306 e. The molecule has 0 spiro atoms. The molecule has 0 aromatic heterocycles. The molecule has 2 atom stereocenters. The quantitative estimate of drug-likeness (QED) is 0.0256. The molecule has 0 saturated heterocycles. The Kier molecular flexibility index (Phi) is 82.5. The van der Waals surface area contributed by atoms with Crippen LogP contribution in [0.5, 0.6) is 0 Å². The van der Waals surface area contributed by atoms with Crippen LogP contribution in [0.1, 0.15) is 515 Å². The third-order valence-electron chi connectivity index (χ3n) is 21.9. The molecule has 0 amide bonds. The molecule has 0 aliphatic heterocycles. The SMILES string of the molecule is CCCCCCCCCCCCCCCCCCCCCCCCCCCCCCCCCCCCCCCCC(=O)OCC(COC(OCC[N+](C)(C)C)C(=O)[O-])OC(=O)CCCCCCCCCCCCCCCCCCCCCCCCCCCCCCCCCCCCCCCC. The van der Waals surface area contributed by atoms with Crippen LogP contribution in [0, 0.1) is 0 Å². The average Bonchev–Trinajstić information content (AvgIpc) is 1.07. The molecule has 9 heteroatoms. The van der Waals surface area contributed by atoms with Gasteiger partial charge in [-0.3, -0.25) is 9.59 Å². The summed E-state index contributed by atoms with van der Waals surface area (Å²) >= 11 is 0. The molecule has 0 heterocycles. The van der Waals surface area contributed by atoms with Crippen molar-refractivity contribution in [2.24, 2.45) is 0 Å². The largest absolute Gasteiger partial charge is 0.545 e. The summed E-state index contributed by atoms with van der Waals surface area (Å²) in [5.74, 6) is -2.23. The Morgan fingerprint density at radius 2 is 0.446 bits per heavy atom. The van der Waals surface area contributed by atoms with Gasteiger partial charge in [0, 0.05) is 12.8 Å². The minimum Gasteiger partial charge on any atom is -0.545 e. The van der Waals surface area contributed by atoms with Gasteiger partial charge in [-0.1, -0.05) is 489 Å². The van der Waals surface area contributed by atoms with Crippen LogP contribution >= 0.6 is 0 Å². The van der Waals surface area contributed by atoms with Crippen molar-refractivity contribution >= 4 is 17.9 Å². The molecular formula is C92H181NO8.